The summed E-state index contributed by atoms with van der Waals surface area (Å²) in [6.07, 6.45) is 3.95. The maximum absolute atomic E-state index is 11.3. The van der Waals surface area contributed by atoms with Crippen molar-refractivity contribution in [2.45, 2.75) is 25.8 Å². The predicted molar refractivity (Wildman–Crippen MR) is 68.4 cm³/mol. The number of hydrogen-bond acceptors (Lipinski definition) is 4. The van der Waals surface area contributed by atoms with Gasteiger partial charge in [-0.1, -0.05) is 6.92 Å². The molecule has 0 radical (unpaired) electrons. The number of aromatic nitrogens is 2. The van der Waals surface area contributed by atoms with E-state index in [0.717, 1.165) is 38.2 Å². The topological polar surface area (TPSA) is 52.2 Å². The maximum atomic E-state index is 11.3. The first-order valence-corrected chi connectivity index (χ1v) is 6.20. The van der Waals surface area contributed by atoms with E-state index >= 15 is 0 Å². The highest BCUT2D eigenvalue weighted by atomic mass is 16.1. The van der Waals surface area contributed by atoms with Crippen molar-refractivity contribution in [1.29, 1.82) is 0 Å². The highest BCUT2D eigenvalue weighted by molar-refractivity contribution is 5.44. The zero-order valence-electron chi connectivity index (χ0n) is 10.5. The molecule has 1 saturated heterocycles. The zero-order valence-corrected chi connectivity index (χ0v) is 10.5. The minimum absolute atomic E-state index is 0.130. The van der Waals surface area contributed by atoms with E-state index in [1.807, 2.05) is 0 Å². The molecule has 0 spiro atoms. The number of nitrogens with one attached hydrogen (secondary N) is 1. The number of H-pyrrole nitrogens is 1. The van der Waals surface area contributed by atoms with Crippen molar-refractivity contribution < 1.29 is 0 Å². The number of aromatic amines is 1. The van der Waals surface area contributed by atoms with Gasteiger partial charge < -0.3 is 9.80 Å². The Balaban J connectivity index is 2.25. The van der Waals surface area contributed by atoms with Crippen LogP contribution < -0.4 is 10.5 Å². The smallest absolute Gasteiger partial charge is 0.266 e. The van der Waals surface area contributed by atoms with Crippen LogP contribution in [0.2, 0.25) is 0 Å². The Morgan fingerprint density at radius 1 is 1.53 bits per heavy atom. The Bertz CT molecular complexity index is 417. The van der Waals surface area contributed by atoms with Gasteiger partial charge >= 0.3 is 0 Å². The van der Waals surface area contributed by atoms with E-state index in [1.165, 1.54) is 0 Å². The molecule has 1 aliphatic heterocycles. The Morgan fingerprint density at radius 3 is 3.06 bits per heavy atom. The summed E-state index contributed by atoms with van der Waals surface area (Å²) >= 11 is 0. The van der Waals surface area contributed by atoms with E-state index < -0.39 is 0 Å². The molecular weight excluding hydrogens is 216 g/mol. The lowest BCUT2D eigenvalue weighted by Gasteiger charge is -2.31. The largest absolute Gasteiger partial charge is 0.366 e. The molecule has 1 unspecified atom stereocenters. The number of hydrogen-bond donors (Lipinski definition) is 1. The fraction of sp³-hybridized carbons (Fsp3) is 0.667. The predicted octanol–water partition coefficient (Wildman–Crippen LogP) is 0.690. The molecule has 0 saturated carbocycles. The molecule has 0 amide bonds. The second-order valence-electron chi connectivity index (χ2n) is 4.67. The van der Waals surface area contributed by atoms with Gasteiger partial charge in [0.2, 0.25) is 0 Å². The third-order valence-corrected chi connectivity index (χ3v) is 3.36. The Kier molecular flexibility index (Phi) is 3.78. The lowest BCUT2D eigenvalue weighted by molar-refractivity contribution is 0.328. The quantitative estimate of drug-likeness (QED) is 0.821. The molecule has 1 atom stereocenters. The molecular formula is C12H20N4O. The van der Waals surface area contributed by atoms with Gasteiger partial charge in [-0.25, -0.2) is 5.10 Å². The molecule has 5 heteroatoms. The molecule has 1 fully saturated rings. The van der Waals surface area contributed by atoms with Gasteiger partial charge in [0.05, 0.1) is 11.9 Å². The van der Waals surface area contributed by atoms with Crippen molar-refractivity contribution in [3.05, 3.63) is 22.6 Å². The van der Waals surface area contributed by atoms with Crippen LogP contribution >= 0.6 is 0 Å². The van der Waals surface area contributed by atoms with Crippen LogP contribution in [-0.2, 0) is 0 Å². The molecule has 94 valence electrons. The second kappa shape index (κ2) is 5.31. The monoisotopic (exact) mass is 236 g/mol. The lowest BCUT2D eigenvalue weighted by atomic mass is 10.1. The number of nitrogens with zero attached hydrogens (tertiary/aromatic N) is 3. The first-order valence-electron chi connectivity index (χ1n) is 6.20. The number of likely N-dealkylation sites (N-methyl/N-ethyl adjacent to an activating group) is 1. The zero-order chi connectivity index (χ0) is 12.3. The molecule has 0 aliphatic carbocycles. The molecule has 1 aliphatic rings. The SMILES string of the molecule is CCC1CN(C)CCCN1c1cn[nH]c(=O)c1. The summed E-state index contributed by atoms with van der Waals surface area (Å²) in [5.74, 6) is 0. The summed E-state index contributed by atoms with van der Waals surface area (Å²) in [5.41, 5.74) is 0.811. The highest BCUT2D eigenvalue weighted by Gasteiger charge is 2.22. The molecule has 0 bridgehead atoms. The normalized spacial score (nSPS) is 22.5. The van der Waals surface area contributed by atoms with Gasteiger partial charge in [0.15, 0.2) is 0 Å². The summed E-state index contributed by atoms with van der Waals surface area (Å²) in [4.78, 5) is 16.0. The van der Waals surface area contributed by atoms with Crippen molar-refractivity contribution in [2.24, 2.45) is 0 Å². The molecule has 17 heavy (non-hydrogen) atoms. The van der Waals surface area contributed by atoms with Crippen LogP contribution in [0.1, 0.15) is 19.8 Å². The minimum Gasteiger partial charge on any atom is -0.366 e. The van der Waals surface area contributed by atoms with Crippen molar-refractivity contribution >= 4 is 5.69 Å². The van der Waals surface area contributed by atoms with Gasteiger partial charge in [-0.15, -0.1) is 0 Å². The van der Waals surface area contributed by atoms with Crippen LogP contribution in [0.3, 0.4) is 0 Å². The second-order valence-corrected chi connectivity index (χ2v) is 4.67. The summed E-state index contributed by atoms with van der Waals surface area (Å²) in [7, 11) is 2.15. The van der Waals surface area contributed by atoms with Crippen LogP contribution in [0.5, 0.6) is 0 Å². The van der Waals surface area contributed by atoms with Crippen molar-refractivity contribution in [3.8, 4) is 0 Å². The van der Waals surface area contributed by atoms with E-state index in [0.29, 0.717) is 6.04 Å². The number of anilines is 1. The van der Waals surface area contributed by atoms with Crippen molar-refractivity contribution in [2.75, 3.05) is 31.6 Å². The summed E-state index contributed by atoms with van der Waals surface area (Å²) < 4.78 is 0. The fourth-order valence-corrected chi connectivity index (χ4v) is 2.46. The van der Waals surface area contributed by atoms with Crippen LogP contribution in [0.4, 0.5) is 5.69 Å². The standard InChI is InChI=1S/C12H20N4O/c1-3-10-9-15(2)5-4-6-16(10)11-7-12(17)14-13-8-11/h7-8,10H,3-6,9H2,1-2H3,(H,14,17). The Labute approximate surface area is 101 Å². The van der Waals surface area contributed by atoms with E-state index in [4.69, 9.17) is 0 Å². The van der Waals surface area contributed by atoms with Gasteiger partial charge in [0.25, 0.3) is 5.56 Å². The lowest BCUT2D eigenvalue weighted by Crippen LogP contribution is -2.40. The first-order chi connectivity index (χ1) is 8.20. The van der Waals surface area contributed by atoms with Gasteiger partial charge in [0.1, 0.15) is 0 Å². The molecule has 0 aromatic carbocycles. The molecule has 5 nitrogen and oxygen atoms in total. The van der Waals surface area contributed by atoms with E-state index in [-0.39, 0.29) is 5.56 Å². The fourth-order valence-electron chi connectivity index (χ4n) is 2.46. The van der Waals surface area contributed by atoms with E-state index in [2.05, 4.69) is 34.0 Å². The molecule has 2 heterocycles. The molecule has 1 aromatic rings. The molecule has 1 aromatic heterocycles. The molecule has 1 N–H and O–H groups in total. The van der Waals surface area contributed by atoms with Crippen molar-refractivity contribution in [1.82, 2.24) is 15.1 Å². The Morgan fingerprint density at radius 2 is 2.35 bits per heavy atom. The summed E-state index contributed by atoms with van der Waals surface area (Å²) in [5, 5.41) is 6.31. The minimum atomic E-state index is -0.130. The van der Waals surface area contributed by atoms with Crippen molar-refractivity contribution in [3.63, 3.8) is 0 Å². The van der Waals surface area contributed by atoms with Gasteiger partial charge in [-0.05, 0) is 26.4 Å². The van der Waals surface area contributed by atoms with Crippen LogP contribution in [0, 0.1) is 0 Å². The van der Waals surface area contributed by atoms with Crippen LogP contribution in [0.15, 0.2) is 17.1 Å². The summed E-state index contributed by atoms with van der Waals surface area (Å²) in [6.45, 7) is 5.35. The maximum Gasteiger partial charge on any atom is 0.266 e. The van der Waals surface area contributed by atoms with Gasteiger partial charge in [-0.2, -0.15) is 5.10 Å². The molecule has 2 rings (SSSR count). The van der Waals surface area contributed by atoms with Crippen LogP contribution in [-0.4, -0.2) is 47.8 Å². The van der Waals surface area contributed by atoms with Gasteiger partial charge in [-0.3, -0.25) is 4.79 Å². The average Bonchev–Trinajstić information content (AvgIpc) is 2.50. The van der Waals surface area contributed by atoms with E-state index in [9.17, 15) is 4.79 Å². The first kappa shape index (κ1) is 12.1. The third kappa shape index (κ3) is 2.85. The van der Waals surface area contributed by atoms with E-state index in [1.54, 1.807) is 12.3 Å². The summed E-state index contributed by atoms with van der Waals surface area (Å²) in [6, 6.07) is 2.10. The third-order valence-electron chi connectivity index (χ3n) is 3.36. The van der Waals surface area contributed by atoms with Crippen LogP contribution in [0.25, 0.3) is 0 Å². The Hall–Kier alpha value is -1.36. The van der Waals surface area contributed by atoms with Gasteiger partial charge in [0, 0.05) is 25.2 Å². The average molecular weight is 236 g/mol. The number of rotatable bonds is 2. The highest BCUT2D eigenvalue weighted by Crippen LogP contribution is 2.19.